The van der Waals surface area contributed by atoms with Crippen molar-refractivity contribution < 1.29 is 9.84 Å². The van der Waals surface area contributed by atoms with Crippen LogP contribution >= 0.6 is 11.6 Å². The van der Waals surface area contributed by atoms with Gasteiger partial charge in [0.15, 0.2) is 0 Å². The van der Waals surface area contributed by atoms with Gasteiger partial charge >= 0.3 is 0 Å². The lowest BCUT2D eigenvalue weighted by atomic mass is 10.1. The number of aliphatic hydroxyl groups excluding tert-OH is 1. The van der Waals surface area contributed by atoms with E-state index in [1.807, 2.05) is 19.3 Å². The largest absolute Gasteiger partial charge is 0.487 e. The summed E-state index contributed by atoms with van der Waals surface area (Å²) < 4.78 is 7.38. The number of benzene rings is 1. The van der Waals surface area contributed by atoms with Gasteiger partial charge in [-0.05, 0) is 31.2 Å². The molecule has 2 rings (SSSR count). The van der Waals surface area contributed by atoms with Gasteiger partial charge in [0.1, 0.15) is 12.4 Å². The quantitative estimate of drug-likeness (QED) is 0.926. The molecule has 5 heteroatoms. The topological polar surface area (TPSA) is 47.3 Å². The van der Waals surface area contributed by atoms with E-state index >= 15 is 0 Å². The number of rotatable bonds is 4. The Morgan fingerprint density at radius 3 is 2.83 bits per heavy atom. The van der Waals surface area contributed by atoms with Crippen LogP contribution in [0, 0.1) is 0 Å². The molecule has 0 fully saturated rings. The number of hydrogen-bond donors (Lipinski definition) is 1. The lowest BCUT2D eigenvalue weighted by molar-refractivity contribution is 0.190. The molecule has 0 unspecified atom stereocenters. The van der Waals surface area contributed by atoms with Gasteiger partial charge in [-0.1, -0.05) is 11.6 Å². The normalized spacial score (nSPS) is 12.4. The monoisotopic (exact) mass is 266 g/mol. The fourth-order valence-corrected chi connectivity index (χ4v) is 1.85. The van der Waals surface area contributed by atoms with Crippen LogP contribution in [0.4, 0.5) is 0 Å². The average molecular weight is 267 g/mol. The second-order valence-electron chi connectivity index (χ2n) is 4.13. The predicted molar refractivity (Wildman–Crippen MR) is 69.6 cm³/mol. The summed E-state index contributed by atoms with van der Waals surface area (Å²) in [5.41, 5.74) is 1.52. The summed E-state index contributed by atoms with van der Waals surface area (Å²) in [6.45, 7) is 2.04. The van der Waals surface area contributed by atoms with Gasteiger partial charge in [-0.15, -0.1) is 0 Å². The molecular formula is C13H15ClN2O2. The van der Waals surface area contributed by atoms with Crippen LogP contribution in [0.2, 0.25) is 5.02 Å². The standard InChI is InChI=1S/C13H15ClN2O2/c1-9(17)12-7-10(14)3-4-13(12)18-8-11-5-6-16(2)15-11/h3-7,9,17H,8H2,1-2H3/t9-/m0/s1. The fourth-order valence-electron chi connectivity index (χ4n) is 1.67. The first-order chi connectivity index (χ1) is 8.56. The van der Waals surface area contributed by atoms with Crippen LogP contribution in [0.3, 0.4) is 0 Å². The van der Waals surface area contributed by atoms with E-state index < -0.39 is 6.10 Å². The highest BCUT2D eigenvalue weighted by Gasteiger charge is 2.10. The third-order valence-corrected chi connectivity index (χ3v) is 2.80. The molecular weight excluding hydrogens is 252 g/mol. The molecule has 0 amide bonds. The zero-order valence-electron chi connectivity index (χ0n) is 10.3. The van der Waals surface area contributed by atoms with E-state index in [1.54, 1.807) is 29.8 Å². The van der Waals surface area contributed by atoms with E-state index in [0.717, 1.165) is 5.69 Å². The van der Waals surface area contributed by atoms with Crippen LogP contribution in [0.25, 0.3) is 0 Å². The second kappa shape index (κ2) is 5.42. The van der Waals surface area contributed by atoms with Gasteiger partial charge in [-0.3, -0.25) is 4.68 Å². The van der Waals surface area contributed by atoms with Crippen molar-refractivity contribution >= 4 is 11.6 Å². The summed E-state index contributed by atoms with van der Waals surface area (Å²) >= 11 is 5.90. The molecule has 0 bridgehead atoms. The SMILES string of the molecule is C[C@H](O)c1cc(Cl)ccc1OCc1ccn(C)n1. The van der Waals surface area contributed by atoms with Crippen molar-refractivity contribution in [2.75, 3.05) is 0 Å². The molecule has 1 N–H and O–H groups in total. The van der Waals surface area contributed by atoms with Crippen molar-refractivity contribution in [3.63, 3.8) is 0 Å². The highest BCUT2D eigenvalue weighted by Crippen LogP contribution is 2.28. The highest BCUT2D eigenvalue weighted by atomic mass is 35.5. The van der Waals surface area contributed by atoms with Crippen LogP contribution in [0.1, 0.15) is 24.3 Å². The smallest absolute Gasteiger partial charge is 0.132 e. The summed E-state index contributed by atoms with van der Waals surface area (Å²) in [5.74, 6) is 0.625. The van der Waals surface area contributed by atoms with Crippen molar-refractivity contribution in [1.29, 1.82) is 0 Å². The average Bonchev–Trinajstić information content (AvgIpc) is 2.73. The fraction of sp³-hybridized carbons (Fsp3) is 0.308. The summed E-state index contributed by atoms with van der Waals surface area (Å²) in [4.78, 5) is 0. The first-order valence-electron chi connectivity index (χ1n) is 5.65. The maximum Gasteiger partial charge on any atom is 0.132 e. The molecule has 0 saturated carbocycles. The molecule has 0 aliphatic carbocycles. The van der Waals surface area contributed by atoms with E-state index in [9.17, 15) is 5.11 Å². The number of aryl methyl sites for hydroxylation is 1. The number of nitrogens with zero attached hydrogens (tertiary/aromatic N) is 2. The van der Waals surface area contributed by atoms with Crippen LogP contribution in [-0.2, 0) is 13.7 Å². The molecule has 0 aliphatic heterocycles. The Morgan fingerprint density at radius 2 is 2.22 bits per heavy atom. The first kappa shape index (κ1) is 12.9. The molecule has 1 aromatic heterocycles. The van der Waals surface area contributed by atoms with E-state index in [1.165, 1.54) is 0 Å². The van der Waals surface area contributed by atoms with Gasteiger partial charge < -0.3 is 9.84 Å². The van der Waals surface area contributed by atoms with Crippen LogP contribution in [-0.4, -0.2) is 14.9 Å². The Bertz CT molecular complexity index is 538. The number of halogens is 1. The van der Waals surface area contributed by atoms with Crippen LogP contribution < -0.4 is 4.74 Å². The maximum absolute atomic E-state index is 9.67. The van der Waals surface area contributed by atoms with Crippen LogP contribution in [0.15, 0.2) is 30.5 Å². The maximum atomic E-state index is 9.67. The zero-order chi connectivity index (χ0) is 13.1. The molecule has 18 heavy (non-hydrogen) atoms. The van der Waals surface area contributed by atoms with Gasteiger partial charge in [0.25, 0.3) is 0 Å². The number of aliphatic hydroxyl groups is 1. The molecule has 1 aromatic carbocycles. The van der Waals surface area contributed by atoms with E-state index in [2.05, 4.69) is 5.10 Å². The Kier molecular flexibility index (Phi) is 3.89. The molecule has 0 aliphatic rings. The van der Waals surface area contributed by atoms with Crippen molar-refractivity contribution in [3.8, 4) is 5.75 Å². The van der Waals surface area contributed by atoms with Gasteiger partial charge in [-0.25, -0.2) is 0 Å². The van der Waals surface area contributed by atoms with Crippen molar-refractivity contribution in [3.05, 3.63) is 46.7 Å². The molecule has 0 saturated heterocycles. The van der Waals surface area contributed by atoms with Gasteiger partial charge in [0.2, 0.25) is 0 Å². The van der Waals surface area contributed by atoms with Gasteiger partial charge in [-0.2, -0.15) is 5.10 Å². The molecule has 1 atom stereocenters. The summed E-state index contributed by atoms with van der Waals surface area (Å²) in [6.07, 6.45) is 1.23. The number of hydrogen-bond acceptors (Lipinski definition) is 3. The van der Waals surface area contributed by atoms with Crippen molar-refractivity contribution in [2.24, 2.45) is 7.05 Å². The minimum absolute atomic E-state index is 0.363. The number of ether oxygens (including phenoxy) is 1. The Morgan fingerprint density at radius 1 is 1.44 bits per heavy atom. The van der Waals surface area contributed by atoms with Crippen LogP contribution in [0.5, 0.6) is 5.75 Å². The Labute approximate surface area is 111 Å². The molecule has 0 spiro atoms. The summed E-state index contributed by atoms with van der Waals surface area (Å²) in [5, 5.41) is 14.5. The zero-order valence-corrected chi connectivity index (χ0v) is 11.1. The number of aromatic nitrogens is 2. The lowest BCUT2D eigenvalue weighted by Gasteiger charge is -2.13. The second-order valence-corrected chi connectivity index (χ2v) is 4.56. The third-order valence-electron chi connectivity index (χ3n) is 2.57. The van der Waals surface area contributed by atoms with Gasteiger partial charge in [0.05, 0.1) is 11.8 Å². The summed E-state index contributed by atoms with van der Waals surface area (Å²) in [7, 11) is 1.85. The van der Waals surface area contributed by atoms with Crippen molar-refractivity contribution in [2.45, 2.75) is 19.6 Å². The minimum Gasteiger partial charge on any atom is -0.487 e. The Hall–Kier alpha value is -1.52. The summed E-state index contributed by atoms with van der Waals surface area (Å²) in [6, 6.07) is 7.09. The molecule has 4 nitrogen and oxygen atoms in total. The molecule has 2 aromatic rings. The molecule has 96 valence electrons. The Balaban J connectivity index is 2.13. The minimum atomic E-state index is -0.623. The highest BCUT2D eigenvalue weighted by molar-refractivity contribution is 6.30. The van der Waals surface area contributed by atoms with E-state index in [-0.39, 0.29) is 0 Å². The van der Waals surface area contributed by atoms with E-state index in [0.29, 0.717) is 22.9 Å². The first-order valence-corrected chi connectivity index (χ1v) is 6.03. The molecule has 1 heterocycles. The predicted octanol–water partition coefficient (Wildman–Crippen LogP) is 2.71. The van der Waals surface area contributed by atoms with Crippen molar-refractivity contribution in [1.82, 2.24) is 9.78 Å². The van der Waals surface area contributed by atoms with Gasteiger partial charge in [0, 0.05) is 23.8 Å². The molecule has 0 radical (unpaired) electrons. The third kappa shape index (κ3) is 3.03. The lowest BCUT2D eigenvalue weighted by Crippen LogP contribution is -2.02. The van der Waals surface area contributed by atoms with E-state index in [4.69, 9.17) is 16.3 Å².